The van der Waals surface area contributed by atoms with Crippen LogP contribution >= 0.6 is 0 Å². The minimum absolute atomic E-state index is 0.0733. The van der Waals surface area contributed by atoms with E-state index in [4.69, 9.17) is 9.52 Å². The van der Waals surface area contributed by atoms with E-state index in [9.17, 15) is 4.79 Å². The van der Waals surface area contributed by atoms with Gasteiger partial charge in [-0.2, -0.15) is 0 Å². The molecular weight excluding hydrogens is 270 g/mol. The van der Waals surface area contributed by atoms with E-state index in [1.807, 2.05) is 42.3 Å². The van der Waals surface area contributed by atoms with Gasteiger partial charge in [-0.15, -0.1) is 0 Å². The van der Waals surface area contributed by atoms with Crippen molar-refractivity contribution in [1.29, 1.82) is 0 Å². The van der Waals surface area contributed by atoms with Gasteiger partial charge in [-0.25, -0.2) is 14.8 Å². The van der Waals surface area contributed by atoms with Crippen molar-refractivity contribution in [1.82, 2.24) is 9.97 Å². The summed E-state index contributed by atoms with van der Waals surface area (Å²) >= 11 is 0. The number of hydrogen-bond donors (Lipinski definition) is 1. The first kappa shape index (κ1) is 13.1. The van der Waals surface area contributed by atoms with Gasteiger partial charge in [0.15, 0.2) is 5.69 Å². The summed E-state index contributed by atoms with van der Waals surface area (Å²) in [5.74, 6) is 0.303. The third-order valence-electron chi connectivity index (χ3n) is 3.12. The molecule has 6 heteroatoms. The second-order valence-electron chi connectivity index (χ2n) is 4.67. The first-order valence-electron chi connectivity index (χ1n) is 6.37. The third kappa shape index (κ3) is 2.69. The fraction of sp³-hybridized carbons (Fsp3) is 0.133. The Bertz CT molecular complexity index is 747. The summed E-state index contributed by atoms with van der Waals surface area (Å²) in [7, 11) is 1.84. The molecule has 0 aliphatic heterocycles. The molecule has 3 rings (SSSR count). The summed E-state index contributed by atoms with van der Waals surface area (Å²) in [5, 5.41) is 9.85. The molecule has 0 radical (unpaired) electrons. The summed E-state index contributed by atoms with van der Waals surface area (Å²) in [5.41, 5.74) is 0.768. The van der Waals surface area contributed by atoms with E-state index in [0.29, 0.717) is 12.4 Å². The van der Waals surface area contributed by atoms with Gasteiger partial charge in [0.05, 0.1) is 18.9 Å². The molecule has 0 saturated carbocycles. The van der Waals surface area contributed by atoms with Crippen molar-refractivity contribution in [3.05, 3.63) is 54.2 Å². The minimum atomic E-state index is -1.09. The van der Waals surface area contributed by atoms with E-state index >= 15 is 0 Å². The first-order chi connectivity index (χ1) is 10.1. The summed E-state index contributed by atoms with van der Waals surface area (Å²) < 4.78 is 5.74. The second-order valence-corrected chi connectivity index (χ2v) is 4.67. The van der Waals surface area contributed by atoms with Gasteiger partial charge in [0.25, 0.3) is 0 Å². The number of carboxylic acid groups (broad SMARTS) is 1. The highest BCUT2D eigenvalue weighted by Crippen LogP contribution is 2.21. The van der Waals surface area contributed by atoms with Crippen molar-refractivity contribution in [3.8, 4) is 0 Å². The molecule has 6 nitrogen and oxygen atoms in total. The monoisotopic (exact) mass is 283 g/mol. The predicted molar refractivity (Wildman–Crippen MR) is 77.3 cm³/mol. The van der Waals surface area contributed by atoms with Crippen LogP contribution in [0.4, 0.5) is 5.82 Å². The Hall–Kier alpha value is -2.89. The van der Waals surface area contributed by atoms with Crippen molar-refractivity contribution in [2.24, 2.45) is 0 Å². The number of rotatable bonds is 4. The molecular formula is C15H13N3O3. The number of hydrogen-bond acceptors (Lipinski definition) is 5. The molecule has 21 heavy (non-hydrogen) atoms. The van der Waals surface area contributed by atoms with E-state index in [1.165, 1.54) is 12.4 Å². The molecule has 0 atom stereocenters. The summed E-state index contributed by atoms with van der Waals surface area (Å²) in [4.78, 5) is 20.5. The molecule has 0 amide bonds. The normalized spacial score (nSPS) is 10.7. The maximum atomic E-state index is 10.7. The molecule has 0 saturated heterocycles. The number of fused-ring (bicyclic) bond motifs is 1. The van der Waals surface area contributed by atoms with Crippen molar-refractivity contribution < 1.29 is 14.3 Å². The maximum Gasteiger partial charge on any atom is 0.356 e. The Kier molecular flexibility index (Phi) is 3.27. The Balaban J connectivity index is 1.78. The van der Waals surface area contributed by atoms with E-state index in [-0.39, 0.29) is 5.69 Å². The van der Waals surface area contributed by atoms with Crippen LogP contribution in [0.25, 0.3) is 11.0 Å². The number of aromatic carboxylic acids is 1. The number of para-hydroxylation sites is 1. The molecule has 0 unspecified atom stereocenters. The molecule has 1 aromatic carbocycles. The minimum Gasteiger partial charge on any atom is -0.476 e. The zero-order valence-electron chi connectivity index (χ0n) is 11.4. The molecule has 2 heterocycles. The Labute approximate surface area is 120 Å². The van der Waals surface area contributed by atoms with Crippen molar-refractivity contribution in [3.63, 3.8) is 0 Å². The lowest BCUT2D eigenvalue weighted by Gasteiger charge is -2.15. The molecule has 0 aliphatic rings. The second kappa shape index (κ2) is 5.24. The van der Waals surface area contributed by atoms with Crippen molar-refractivity contribution in [2.75, 3.05) is 11.9 Å². The quantitative estimate of drug-likeness (QED) is 0.792. The van der Waals surface area contributed by atoms with Crippen LogP contribution in [0, 0.1) is 0 Å². The van der Waals surface area contributed by atoms with E-state index < -0.39 is 5.97 Å². The SMILES string of the molecule is CN(Cc1cc2ccccc2o1)c1cnc(C(=O)O)cn1. The van der Waals surface area contributed by atoms with Crippen LogP contribution in [-0.4, -0.2) is 28.1 Å². The fourth-order valence-corrected chi connectivity index (χ4v) is 2.06. The largest absolute Gasteiger partial charge is 0.476 e. The maximum absolute atomic E-state index is 10.7. The van der Waals surface area contributed by atoms with E-state index in [1.54, 1.807) is 0 Å². The van der Waals surface area contributed by atoms with Crippen molar-refractivity contribution >= 4 is 22.8 Å². The van der Waals surface area contributed by atoms with Gasteiger partial charge in [0, 0.05) is 12.4 Å². The summed E-state index contributed by atoms with van der Waals surface area (Å²) in [6.45, 7) is 0.524. The zero-order valence-corrected chi connectivity index (χ0v) is 11.4. The molecule has 0 fully saturated rings. The Morgan fingerprint density at radius 3 is 2.76 bits per heavy atom. The highest BCUT2D eigenvalue weighted by atomic mass is 16.4. The standard InChI is InChI=1S/C15H13N3O3/c1-18(14-8-16-12(7-17-14)15(19)20)9-11-6-10-4-2-3-5-13(10)21-11/h2-8H,9H2,1H3,(H,19,20). The van der Waals surface area contributed by atoms with Gasteiger partial charge in [-0.1, -0.05) is 18.2 Å². The number of anilines is 1. The number of furan rings is 1. The summed E-state index contributed by atoms with van der Waals surface area (Å²) in [6.07, 6.45) is 2.68. The lowest BCUT2D eigenvalue weighted by molar-refractivity contribution is 0.0690. The van der Waals surface area contributed by atoms with Crippen LogP contribution in [0.5, 0.6) is 0 Å². The molecule has 1 N–H and O–H groups in total. The smallest absolute Gasteiger partial charge is 0.356 e. The average Bonchev–Trinajstić information content (AvgIpc) is 2.89. The number of carbonyl (C=O) groups is 1. The van der Waals surface area contributed by atoms with Gasteiger partial charge in [-0.3, -0.25) is 0 Å². The molecule has 2 aromatic heterocycles. The predicted octanol–water partition coefficient (Wildman–Crippen LogP) is 2.56. The molecule has 3 aromatic rings. The molecule has 0 bridgehead atoms. The lowest BCUT2D eigenvalue weighted by Crippen LogP contribution is -2.18. The first-order valence-corrected chi connectivity index (χ1v) is 6.37. The van der Waals surface area contributed by atoms with E-state index in [0.717, 1.165) is 16.7 Å². The third-order valence-corrected chi connectivity index (χ3v) is 3.12. The van der Waals surface area contributed by atoms with Crippen LogP contribution in [-0.2, 0) is 6.54 Å². The Morgan fingerprint density at radius 1 is 1.29 bits per heavy atom. The van der Waals surface area contributed by atoms with Crippen LogP contribution in [0.3, 0.4) is 0 Å². The van der Waals surface area contributed by atoms with Crippen molar-refractivity contribution in [2.45, 2.75) is 6.54 Å². The van der Waals surface area contributed by atoms with E-state index in [2.05, 4.69) is 9.97 Å². The highest BCUT2D eigenvalue weighted by molar-refractivity contribution is 5.84. The molecule has 106 valence electrons. The zero-order chi connectivity index (χ0) is 14.8. The van der Waals surface area contributed by atoms with Gasteiger partial charge < -0.3 is 14.4 Å². The van der Waals surface area contributed by atoms with Crippen LogP contribution in [0.2, 0.25) is 0 Å². The van der Waals surface area contributed by atoms with Gasteiger partial charge >= 0.3 is 5.97 Å². The van der Waals surface area contributed by atoms with Crippen LogP contribution < -0.4 is 4.90 Å². The topological polar surface area (TPSA) is 79.5 Å². The highest BCUT2D eigenvalue weighted by Gasteiger charge is 2.10. The van der Waals surface area contributed by atoms with Crippen LogP contribution in [0.15, 0.2) is 47.1 Å². The lowest BCUT2D eigenvalue weighted by atomic mass is 10.2. The van der Waals surface area contributed by atoms with Gasteiger partial charge in [0.2, 0.25) is 0 Å². The number of carboxylic acids is 1. The fourth-order valence-electron chi connectivity index (χ4n) is 2.06. The van der Waals surface area contributed by atoms with Gasteiger partial charge in [0.1, 0.15) is 17.2 Å². The number of benzene rings is 1. The van der Waals surface area contributed by atoms with Gasteiger partial charge in [-0.05, 0) is 12.1 Å². The average molecular weight is 283 g/mol. The number of aromatic nitrogens is 2. The Morgan fingerprint density at radius 2 is 2.10 bits per heavy atom. The van der Waals surface area contributed by atoms with Crippen LogP contribution in [0.1, 0.15) is 16.2 Å². The summed E-state index contributed by atoms with van der Waals surface area (Å²) in [6, 6.07) is 9.77. The number of nitrogens with zero attached hydrogens (tertiary/aromatic N) is 3. The molecule has 0 aliphatic carbocycles. The molecule has 0 spiro atoms.